The van der Waals surface area contributed by atoms with Gasteiger partial charge in [-0.25, -0.2) is 4.79 Å². The minimum atomic E-state index is -4.59. The van der Waals surface area contributed by atoms with Crippen molar-refractivity contribution in [3.63, 3.8) is 0 Å². The number of nitro groups is 1. The van der Waals surface area contributed by atoms with Gasteiger partial charge in [0.05, 0.1) is 48.6 Å². The molecule has 0 aliphatic carbocycles. The molecular weight excluding hydrogens is 545 g/mol. The summed E-state index contributed by atoms with van der Waals surface area (Å²) in [6.07, 6.45) is -3.46. The number of carboxylic acid groups (broad SMARTS) is 1. The molecule has 0 bridgehead atoms. The minimum Gasteiger partial charge on any atom is -0.479 e. The van der Waals surface area contributed by atoms with Gasteiger partial charge < -0.3 is 46.2 Å². The van der Waals surface area contributed by atoms with E-state index in [0.29, 0.717) is 0 Å². The number of aliphatic hydroxyl groups is 3. The van der Waals surface area contributed by atoms with Crippen molar-refractivity contribution in [2.75, 3.05) is 38.2 Å². The largest absolute Gasteiger partial charge is 0.479 e. The van der Waals surface area contributed by atoms with E-state index in [1.54, 1.807) is 0 Å². The molecule has 0 spiro atoms. The normalized spacial score (nSPS) is 24.4. The van der Waals surface area contributed by atoms with Crippen molar-refractivity contribution >= 4 is 36.8 Å². The molecule has 1 aliphatic rings. The van der Waals surface area contributed by atoms with Crippen LogP contribution in [0.1, 0.15) is 24.2 Å². The molecule has 1 fully saturated rings. The van der Waals surface area contributed by atoms with Gasteiger partial charge in [-0.3, -0.25) is 29.2 Å². The van der Waals surface area contributed by atoms with Gasteiger partial charge in [0.25, 0.3) is 11.6 Å². The number of nitrogens with one attached hydrogen (secondary N) is 2. The molecule has 2 amide bonds. The van der Waals surface area contributed by atoms with Crippen LogP contribution in [0.2, 0.25) is 0 Å². The molecule has 0 aromatic heterocycles. The van der Waals surface area contributed by atoms with Crippen molar-refractivity contribution in [3.05, 3.63) is 33.9 Å². The van der Waals surface area contributed by atoms with Crippen LogP contribution in [0.25, 0.3) is 0 Å². The van der Waals surface area contributed by atoms with E-state index < -0.39 is 90.8 Å². The van der Waals surface area contributed by atoms with E-state index >= 15 is 0 Å². The average Bonchev–Trinajstić information content (AvgIpc) is 3.08. The van der Waals surface area contributed by atoms with Gasteiger partial charge in [-0.15, -0.1) is 0 Å². The fourth-order valence-electron chi connectivity index (χ4n) is 4.02. The molecule has 2 unspecified atom stereocenters. The Hall–Kier alpha value is -3.18. The number of nitrogen functional groups attached to an aromatic ring is 1. The summed E-state index contributed by atoms with van der Waals surface area (Å²) in [5, 5.41) is 55.7. The number of carbonyl (C=O) groups excluding carboxylic acids is 2. The zero-order chi connectivity index (χ0) is 29.7. The van der Waals surface area contributed by atoms with Crippen LogP contribution >= 0.6 is 7.60 Å². The SMILES string of the molecule is CC(=O)NC[C@@H]1[C@@H](O)[C@H](O)[C@@H](CO)N1CCP(=O)(O)OCC(C)(NC(=O)c1cc(N)ccc1[N+](=O)[O-])C(=O)O. The van der Waals surface area contributed by atoms with E-state index in [1.807, 2.05) is 0 Å². The lowest BCUT2D eigenvalue weighted by Gasteiger charge is -2.31. The summed E-state index contributed by atoms with van der Waals surface area (Å²) in [5.74, 6) is -3.30. The van der Waals surface area contributed by atoms with E-state index in [4.69, 9.17) is 10.3 Å². The van der Waals surface area contributed by atoms with E-state index in [2.05, 4.69) is 10.6 Å². The Morgan fingerprint density at radius 1 is 1.26 bits per heavy atom. The molecule has 0 saturated carbocycles. The lowest BCUT2D eigenvalue weighted by Crippen LogP contribution is -2.55. The molecular formula is C21H32N5O12P. The highest BCUT2D eigenvalue weighted by atomic mass is 31.2. The smallest absolute Gasteiger partial charge is 0.331 e. The zero-order valence-electron chi connectivity index (χ0n) is 21.1. The number of nitrogens with two attached hydrogens (primary N) is 1. The molecule has 0 radical (unpaired) electrons. The molecule has 39 heavy (non-hydrogen) atoms. The third-order valence-corrected chi connectivity index (χ3v) is 7.55. The summed E-state index contributed by atoms with van der Waals surface area (Å²) in [7, 11) is -4.59. The summed E-state index contributed by atoms with van der Waals surface area (Å²) < 4.78 is 17.7. The number of amides is 2. The monoisotopic (exact) mass is 577 g/mol. The molecule has 1 aromatic rings. The lowest BCUT2D eigenvalue weighted by atomic mass is 10.0. The Balaban J connectivity index is 2.14. The second-order valence-corrected chi connectivity index (χ2v) is 11.2. The molecule has 2 rings (SSSR count). The van der Waals surface area contributed by atoms with Crippen LogP contribution in [0, 0.1) is 10.1 Å². The van der Waals surface area contributed by atoms with Gasteiger partial charge in [-0.05, 0) is 19.1 Å². The Morgan fingerprint density at radius 3 is 2.41 bits per heavy atom. The first-order valence-electron chi connectivity index (χ1n) is 11.6. The highest BCUT2D eigenvalue weighted by Crippen LogP contribution is 2.43. The first-order valence-corrected chi connectivity index (χ1v) is 13.3. The number of aliphatic carboxylic acids is 1. The Bertz CT molecular complexity index is 1150. The van der Waals surface area contributed by atoms with Crippen LogP contribution in [0.5, 0.6) is 0 Å². The fourth-order valence-corrected chi connectivity index (χ4v) is 5.10. The van der Waals surface area contributed by atoms with Crippen molar-refractivity contribution in [1.29, 1.82) is 0 Å². The standard InChI is InChI=1S/C21H32N5O12P/c1-11(28)23-8-15-17(29)18(30)16(9-27)25(15)5-6-39(36,37)38-10-21(2,20(32)33)24-19(31)13-7-12(22)3-4-14(13)26(34)35/h3-4,7,15-18,27,29-30H,5-6,8-10,22H2,1-2H3,(H,23,28)(H,24,31)(H,32,33)(H,36,37)/t15-,16-,17-,18-,21?/m1/s1. The number of carboxylic acids is 1. The maximum Gasteiger partial charge on any atom is 0.331 e. The number of nitro benzene ring substituents is 1. The number of aliphatic hydroxyl groups excluding tert-OH is 3. The third-order valence-electron chi connectivity index (χ3n) is 6.26. The first kappa shape index (κ1) is 32.0. The third kappa shape index (κ3) is 7.92. The Morgan fingerprint density at radius 2 is 1.87 bits per heavy atom. The predicted molar refractivity (Wildman–Crippen MR) is 134 cm³/mol. The van der Waals surface area contributed by atoms with E-state index in [9.17, 15) is 54.4 Å². The summed E-state index contributed by atoms with van der Waals surface area (Å²) in [5.41, 5.74) is 2.09. The maximum atomic E-state index is 12.8. The predicted octanol–water partition coefficient (Wildman–Crippen LogP) is -2.14. The van der Waals surface area contributed by atoms with Gasteiger partial charge in [-0.1, -0.05) is 0 Å². The molecule has 1 aromatic carbocycles. The average molecular weight is 577 g/mol. The van der Waals surface area contributed by atoms with Crippen molar-refractivity contribution in [3.8, 4) is 0 Å². The highest BCUT2D eigenvalue weighted by molar-refractivity contribution is 7.52. The molecule has 1 aliphatic heterocycles. The number of rotatable bonds is 13. The molecule has 18 heteroatoms. The van der Waals surface area contributed by atoms with Crippen LogP contribution < -0.4 is 16.4 Å². The summed E-state index contributed by atoms with van der Waals surface area (Å²) in [6, 6.07) is 1.17. The van der Waals surface area contributed by atoms with Gasteiger partial charge in [0.15, 0.2) is 5.54 Å². The number of nitrogens with zero attached hydrogens (tertiary/aromatic N) is 2. The minimum absolute atomic E-state index is 0.00553. The van der Waals surface area contributed by atoms with Crippen LogP contribution in [-0.2, 0) is 18.7 Å². The van der Waals surface area contributed by atoms with E-state index in [0.717, 1.165) is 19.1 Å². The quantitative estimate of drug-likeness (QED) is 0.0537. The maximum absolute atomic E-state index is 12.8. The van der Waals surface area contributed by atoms with Crippen molar-refractivity contribution in [1.82, 2.24) is 15.5 Å². The Labute approximate surface area is 222 Å². The topological polar surface area (TPSA) is 275 Å². The lowest BCUT2D eigenvalue weighted by molar-refractivity contribution is -0.385. The summed E-state index contributed by atoms with van der Waals surface area (Å²) in [6.45, 7) is 0.0872. The fraction of sp³-hybridized carbons (Fsp3) is 0.571. The van der Waals surface area contributed by atoms with Gasteiger partial charge in [0, 0.05) is 31.8 Å². The molecule has 9 N–H and O–H groups in total. The Kier molecular flexibility index (Phi) is 10.5. The van der Waals surface area contributed by atoms with E-state index in [1.165, 1.54) is 17.9 Å². The molecule has 6 atom stereocenters. The molecule has 1 saturated heterocycles. The van der Waals surface area contributed by atoms with E-state index in [-0.39, 0.29) is 18.8 Å². The number of benzene rings is 1. The van der Waals surface area contributed by atoms with Gasteiger partial charge >= 0.3 is 13.6 Å². The highest BCUT2D eigenvalue weighted by Gasteiger charge is 2.48. The van der Waals surface area contributed by atoms with Crippen molar-refractivity contribution in [2.45, 2.75) is 43.7 Å². The number of anilines is 1. The first-order chi connectivity index (χ1) is 18.0. The molecule has 17 nitrogen and oxygen atoms in total. The number of carbonyl (C=O) groups is 3. The van der Waals surface area contributed by atoms with Gasteiger partial charge in [-0.2, -0.15) is 0 Å². The van der Waals surface area contributed by atoms with Gasteiger partial charge in [0.2, 0.25) is 5.91 Å². The second-order valence-electron chi connectivity index (χ2n) is 9.23. The second kappa shape index (κ2) is 12.8. The number of hydrogen-bond acceptors (Lipinski definition) is 12. The summed E-state index contributed by atoms with van der Waals surface area (Å²) in [4.78, 5) is 58.0. The zero-order valence-corrected chi connectivity index (χ0v) is 22.0. The van der Waals surface area contributed by atoms with Crippen molar-refractivity contribution < 1.29 is 53.7 Å². The van der Waals surface area contributed by atoms with Crippen LogP contribution in [0.4, 0.5) is 11.4 Å². The van der Waals surface area contributed by atoms with Crippen LogP contribution in [0.3, 0.4) is 0 Å². The molecule has 218 valence electrons. The summed E-state index contributed by atoms with van der Waals surface area (Å²) >= 11 is 0. The van der Waals surface area contributed by atoms with Gasteiger partial charge in [0.1, 0.15) is 5.56 Å². The molecule has 1 heterocycles. The number of hydrogen-bond donors (Lipinski definition) is 8. The number of likely N-dealkylation sites (tertiary alicyclic amines) is 1. The van der Waals surface area contributed by atoms with Crippen molar-refractivity contribution in [2.24, 2.45) is 0 Å². The van der Waals surface area contributed by atoms with Crippen LogP contribution in [0.15, 0.2) is 18.2 Å². The van der Waals surface area contributed by atoms with Crippen LogP contribution in [-0.4, -0.2) is 115 Å².